The van der Waals surface area contributed by atoms with Crippen LogP contribution in [0, 0.1) is 13.8 Å². The second kappa shape index (κ2) is 9.93. The minimum absolute atomic E-state index is 0.126. The SMILES string of the molecule is COc1cc(/C=C/C(=O)NCCc2cccs2)ccc1OCc1c(C)noc1C. The second-order valence-electron chi connectivity index (χ2n) is 6.46. The highest BCUT2D eigenvalue weighted by Crippen LogP contribution is 2.30. The van der Waals surface area contributed by atoms with Crippen molar-refractivity contribution in [2.24, 2.45) is 0 Å². The lowest BCUT2D eigenvalue weighted by Crippen LogP contribution is -2.23. The summed E-state index contributed by atoms with van der Waals surface area (Å²) in [5.74, 6) is 1.83. The second-order valence-corrected chi connectivity index (χ2v) is 7.49. The van der Waals surface area contributed by atoms with Gasteiger partial charge in [-0.1, -0.05) is 17.3 Å². The number of nitrogens with zero attached hydrogens (tertiary/aromatic N) is 1. The van der Waals surface area contributed by atoms with Gasteiger partial charge in [-0.2, -0.15) is 0 Å². The molecule has 0 saturated carbocycles. The zero-order valence-corrected chi connectivity index (χ0v) is 17.5. The molecule has 0 aliphatic heterocycles. The molecule has 0 unspecified atom stereocenters. The highest BCUT2D eigenvalue weighted by Gasteiger charge is 2.12. The van der Waals surface area contributed by atoms with Gasteiger partial charge in [-0.3, -0.25) is 4.79 Å². The lowest BCUT2D eigenvalue weighted by Gasteiger charge is -2.11. The van der Waals surface area contributed by atoms with Crippen molar-refractivity contribution >= 4 is 23.3 Å². The summed E-state index contributed by atoms with van der Waals surface area (Å²) in [6.45, 7) is 4.70. The van der Waals surface area contributed by atoms with E-state index in [1.807, 2.05) is 43.5 Å². The third-order valence-electron chi connectivity index (χ3n) is 4.42. The van der Waals surface area contributed by atoms with E-state index in [1.54, 1.807) is 24.5 Å². The Hall–Kier alpha value is -3.06. The van der Waals surface area contributed by atoms with Crippen LogP contribution in [-0.4, -0.2) is 24.7 Å². The van der Waals surface area contributed by atoms with Gasteiger partial charge in [-0.15, -0.1) is 11.3 Å². The average Bonchev–Trinajstić information content (AvgIpc) is 3.35. The molecule has 1 aromatic carbocycles. The number of carbonyl (C=O) groups excluding carboxylic acids is 1. The van der Waals surface area contributed by atoms with E-state index in [4.69, 9.17) is 14.0 Å². The summed E-state index contributed by atoms with van der Waals surface area (Å²) >= 11 is 1.69. The van der Waals surface area contributed by atoms with Gasteiger partial charge >= 0.3 is 0 Å². The number of aryl methyl sites for hydroxylation is 2. The largest absolute Gasteiger partial charge is 0.493 e. The van der Waals surface area contributed by atoms with Crippen LogP contribution in [0.1, 0.15) is 27.5 Å². The molecule has 0 fully saturated rings. The first-order chi connectivity index (χ1) is 14.1. The van der Waals surface area contributed by atoms with Crippen LogP contribution in [0.25, 0.3) is 6.08 Å². The molecule has 0 radical (unpaired) electrons. The Kier molecular flexibility index (Phi) is 7.08. The van der Waals surface area contributed by atoms with Crippen LogP contribution in [0.4, 0.5) is 0 Å². The van der Waals surface area contributed by atoms with Gasteiger partial charge in [0.25, 0.3) is 0 Å². The number of hydrogen-bond donors (Lipinski definition) is 1. The van der Waals surface area contributed by atoms with Crippen LogP contribution in [-0.2, 0) is 17.8 Å². The molecule has 152 valence electrons. The summed E-state index contributed by atoms with van der Waals surface area (Å²) in [5, 5.41) is 8.85. The van der Waals surface area contributed by atoms with Gasteiger partial charge in [0.2, 0.25) is 5.91 Å². The third kappa shape index (κ3) is 5.71. The predicted molar refractivity (Wildman–Crippen MR) is 113 cm³/mol. The minimum atomic E-state index is -0.126. The first-order valence-electron chi connectivity index (χ1n) is 9.27. The highest BCUT2D eigenvalue weighted by molar-refractivity contribution is 7.09. The fourth-order valence-electron chi connectivity index (χ4n) is 2.76. The molecule has 7 heteroatoms. The highest BCUT2D eigenvalue weighted by atomic mass is 32.1. The van der Waals surface area contributed by atoms with Crippen LogP contribution < -0.4 is 14.8 Å². The first kappa shape index (κ1) is 20.7. The summed E-state index contributed by atoms with van der Waals surface area (Å²) in [4.78, 5) is 13.3. The predicted octanol–water partition coefficient (Wildman–Crippen LogP) is 4.31. The third-order valence-corrected chi connectivity index (χ3v) is 5.35. The molecule has 6 nitrogen and oxygen atoms in total. The Morgan fingerprint density at radius 3 is 2.83 bits per heavy atom. The fourth-order valence-corrected chi connectivity index (χ4v) is 3.47. The van der Waals surface area contributed by atoms with E-state index < -0.39 is 0 Å². The number of benzene rings is 1. The molecule has 0 spiro atoms. The van der Waals surface area contributed by atoms with Gasteiger partial charge in [0.1, 0.15) is 12.4 Å². The van der Waals surface area contributed by atoms with E-state index in [2.05, 4.69) is 16.5 Å². The molecule has 0 aliphatic rings. The van der Waals surface area contributed by atoms with Gasteiger partial charge in [-0.25, -0.2) is 0 Å². The van der Waals surface area contributed by atoms with Gasteiger partial charge in [0.15, 0.2) is 11.5 Å². The van der Waals surface area contributed by atoms with E-state index in [-0.39, 0.29) is 5.91 Å². The van der Waals surface area contributed by atoms with E-state index in [0.717, 1.165) is 29.0 Å². The number of methoxy groups -OCH3 is 1. The zero-order valence-electron chi connectivity index (χ0n) is 16.7. The minimum Gasteiger partial charge on any atom is -0.493 e. The van der Waals surface area contributed by atoms with E-state index in [1.165, 1.54) is 11.0 Å². The average molecular weight is 413 g/mol. The molecule has 3 rings (SSSR count). The maximum absolute atomic E-state index is 12.0. The molecular formula is C22H24N2O4S. The number of carbonyl (C=O) groups is 1. The van der Waals surface area contributed by atoms with E-state index in [9.17, 15) is 4.79 Å². The Morgan fingerprint density at radius 2 is 2.14 bits per heavy atom. The van der Waals surface area contributed by atoms with Crippen LogP contribution in [0.3, 0.4) is 0 Å². The van der Waals surface area contributed by atoms with Crippen LogP contribution in [0.5, 0.6) is 11.5 Å². The zero-order chi connectivity index (χ0) is 20.6. The molecule has 2 aromatic heterocycles. The standard InChI is InChI=1S/C22H24N2O4S/c1-15-19(16(2)28-24-15)14-27-20-8-6-17(13-21(20)26-3)7-9-22(25)23-11-10-18-5-4-12-29-18/h4-9,12-13H,10-11,14H2,1-3H3,(H,23,25)/b9-7+. The Bertz CT molecular complexity index is 957. The molecule has 0 aliphatic carbocycles. The summed E-state index contributed by atoms with van der Waals surface area (Å²) < 4.78 is 16.5. The van der Waals surface area contributed by atoms with Crippen molar-refractivity contribution in [3.63, 3.8) is 0 Å². The molecule has 1 amide bonds. The molecule has 3 aromatic rings. The maximum atomic E-state index is 12.0. The van der Waals surface area contributed by atoms with Crippen LogP contribution >= 0.6 is 11.3 Å². The molecule has 0 saturated heterocycles. The smallest absolute Gasteiger partial charge is 0.244 e. The molecule has 0 bridgehead atoms. The number of rotatable bonds is 9. The Morgan fingerprint density at radius 1 is 1.28 bits per heavy atom. The lowest BCUT2D eigenvalue weighted by atomic mass is 10.2. The molecule has 1 N–H and O–H groups in total. The number of thiophene rings is 1. The number of nitrogens with one attached hydrogen (secondary N) is 1. The quantitative estimate of drug-likeness (QED) is 0.530. The van der Waals surface area contributed by atoms with Crippen molar-refractivity contribution in [2.45, 2.75) is 26.9 Å². The number of aromatic nitrogens is 1. The summed E-state index contributed by atoms with van der Waals surface area (Å²) in [6, 6.07) is 9.61. The first-order valence-corrected chi connectivity index (χ1v) is 10.2. The van der Waals surface area contributed by atoms with Gasteiger partial charge in [-0.05, 0) is 55.5 Å². The topological polar surface area (TPSA) is 73.6 Å². The van der Waals surface area contributed by atoms with Gasteiger partial charge < -0.3 is 19.3 Å². The monoisotopic (exact) mass is 412 g/mol. The molecular weight excluding hydrogens is 388 g/mol. The van der Waals surface area contributed by atoms with Crippen molar-refractivity contribution in [3.05, 3.63) is 69.2 Å². The van der Waals surface area contributed by atoms with Crippen LogP contribution in [0.15, 0.2) is 46.3 Å². The van der Waals surface area contributed by atoms with Crippen molar-refractivity contribution in [1.29, 1.82) is 0 Å². The van der Waals surface area contributed by atoms with Crippen molar-refractivity contribution in [3.8, 4) is 11.5 Å². The number of amides is 1. The molecule has 29 heavy (non-hydrogen) atoms. The van der Waals surface area contributed by atoms with Gasteiger partial charge in [0, 0.05) is 17.5 Å². The van der Waals surface area contributed by atoms with Crippen molar-refractivity contribution in [2.75, 3.05) is 13.7 Å². The fraction of sp³-hybridized carbons (Fsp3) is 0.273. The normalized spacial score (nSPS) is 11.0. The summed E-state index contributed by atoms with van der Waals surface area (Å²) in [7, 11) is 1.59. The van der Waals surface area contributed by atoms with Crippen LogP contribution in [0.2, 0.25) is 0 Å². The molecule has 2 heterocycles. The molecule has 0 atom stereocenters. The summed E-state index contributed by atoms with van der Waals surface area (Å²) in [6.07, 6.45) is 4.11. The summed E-state index contributed by atoms with van der Waals surface area (Å²) in [5.41, 5.74) is 2.58. The van der Waals surface area contributed by atoms with E-state index in [0.29, 0.717) is 24.7 Å². The Balaban J connectivity index is 1.56. The van der Waals surface area contributed by atoms with E-state index >= 15 is 0 Å². The number of hydrogen-bond acceptors (Lipinski definition) is 6. The van der Waals surface area contributed by atoms with Crippen molar-refractivity contribution < 1.29 is 18.8 Å². The maximum Gasteiger partial charge on any atom is 0.244 e. The van der Waals surface area contributed by atoms with Gasteiger partial charge in [0.05, 0.1) is 18.4 Å². The lowest BCUT2D eigenvalue weighted by molar-refractivity contribution is -0.116. The number of ether oxygens (including phenoxy) is 2. The Labute approximate surface area is 174 Å². The van der Waals surface area contributed by atoms with Crippen molar-refractivity contribution in [1.82, 2.24) is 10.5 Å².